The van der Waals surface area contributed by atoms with Crippen molar-refractivity contribution in [2.45, 2.75) is 32.4 Å². The Balaban J connectivity index is 2.00. The summed E-state index contributed by atoms with van der Waals surface area (Å²) in [5.74, 6) is 0.935. The minimum absolute atomic E-state index is 0.257. The number of hydrogen-bond donors (Lipinski definition) is 2. The van der Waals surface area contributed by atoms with Crippen LogP contribution in [-0.4, -0.2) is 40.7 Å². The number of aliphatic hydroxyl groups is 1. The normalized spacial score (nSPS) is 20.7. The van der Waals surface area contributed by atoms with E-state index >= 15 is 0 Å². The molecule has 17 heavy (non-hydrogen) atoms. The lowest BCUT2D eigenvalue weighted by Crippen LogP contribution is -2.31. The van der Waals surface area contributed by atoms with Gasteiger partial charge in [0.2, 0.25) is 0 Å². The van der Waals surface area contributed by atoms with Crippen LogP contribution in [0.2, 0.25) is 0 Å². The van der Waals surface area contributed by atoms with Crippen LogP contribution in [0.4, 0.5) is 5.82 Å². The van der Waals surface area contributed by atoms with Crippen molar-refractivity contribution in [3.63, 3.8) is 0 Å². The number of nitrogens with one attached hydrogen (secondary N) is 1. The molecule has 1 aromatic rings. The molecule has 94 valence electrons. The smallest absolute Gasteiger partial charge is 0.126 e. The van der Waals surface area contributed by atoms with E-state index in [1.807, 2.05) is 18.2 Å². The maximum absolute atomic E-state index is 9.28. The van der Waals surface area contributed by atoms with E-state index in [1.54, 1.807) is 0 Å². The van der Waals surface area contributed by atoms with Gasteiger partial charge in [-0.3, -0.25) is 4.90 Å². The third-order valence-corrected chi connectivity index (χ3v) is 3.24. The number of aliphatic hydroxyl groups excluding tert-OH is 1. The molecule has 2 heterocycles. The Hall–Kier alpha value is -1.13. The molecule has 0 aliphatic carbocycles. The molecule has 1 saturated heterocycles. The van der Waals surface area contributed by atoms with Gasteiger partial charge in [0.1, 0.15) is 5.82 Å². The van der Waals surface area contributed by atoms with Crippen molar-refractivity contribution in [2.75, 3.05) is 25.0 Å². The summed E-state index contributed by atoms with van der Waals surface area (Å²) in [5.41, 5.74) is 1.07. The highest BCUT2D eigenvalue weighted by Gasteiger charge is 2.23. The predicted molar refractivity (Wildman–Crippen MR) is 68.9 cm³/mol. The first kappa shape index (κ1) is 12.3. The first-order chi connectivity index (χ1) is 8.33. The van der Waals surface area contributed by atoms with Crippen molar-refractivity contribution < 1.29 is 5.11 Å². The molecule has 1 atom stereocenters. The molecule has 1 aliphatic heterocycles. The summed E-state index contributed by atoms with van der Waals surface area (Å²) in [5, 5.41) is 12.5. The largest absolute Gasteiger partial charge is 0.395 e. The maximum atomic E-state index is 9.28. The molecular formula is C13H21N3O. The predicted octanol–water partition coefficient (Wildman–Crippen LogP) is 1.47. The van der Waals surface area contributed by atoms with Crippen LogP contribution >= 0.6 is 0 Å². The molecule has 1 aliphatic rings. The highest BCUT2D eigenvalue weighted by atomic mass is 16.3. The van der Waals surface area contributed by atoms with E-state index in [0.717, 1.165) is 37.6 Å². The molecule has 2 N–H and O–H groups in total. The molecular weight excluding hydrogens is 214 g/mol. The fraction of sp³-hybridized carbons (Fsp3) is 0.615. The topological polar surface area (TPSA) is 48.4 Å². The minimum atomic E-state index is 0.257. The summed E-state index contributed by atoms with van der Waals surface area (Å²) in [4.78, 5) is 6.88. The van der Waals surface area contributed by atoms with E-state index in [1.165, 1.54) is 6.42 Å². The average molecular weight is 235 g/mol. The Kier molecular flexibility index (Phi) is 4.34. The highest BCUT2D eigenvalue weighted by molar-refractivity contribution is 5.35. The average Bonchev–Trinajstić information content (AvgIpc) is 2.77. The van der Waals surface area contributed by atoms with Gasteiger partial charge in [0.05, 0.1) is 12.3 Å². The van der Waals surface area contributed by atoms with Gasteiger partial charge in [-0.05, 0) is 38.4 Å². The van der Waals surface area contributed by atoms with Crippen molar-refractivity contribution in [3.05, 3.63) is 23.9 Å². The first-order valence-electron chi connectivity index (χ1n) is 6.38. The van der Waals surface area contributed by atoms with Gasteiger partial charge in [0.25, 0.3) is 0 Å². The van der Waals surface area contributed by atoms with E-state index < -0.39 is 0 Å². The van der Waals surface area contributed by atoms with Crippen molar-refractivity contribution in [2.24, 2.45) is 0 Å². The molecule has 0 aromatic carbocycles. The van der Waals surface area contributed by atoms with Crippen molar-refractivity contribution in [1.29, 1.82) is 0 Å². The van der Waals surface area contributed by atoms with Gasteiger partial charge >= 0.3 is 0 Å². The van der Waals surface area contributed by atoms with Gasteiger partial charge in [0.15, 0.2) is 0 Å². The van der Waals surface area contributed by atoms with Crippen LogP contribution in [0.5, 0.6) is 0 Å². The fourth-order valence-corrected chi connectivity index (χ4v) is 2.37. The molecule has 1 fully saturated rings. The Morgan fingerprint density at radius 2 is 2.41 bits per heavy atom. The van der Waals surface area contributed by atoms with Crippen LogP contribution in [0.1, 0.15) is 25.5 Å². The fourth-order valence-electron chi connectivity index (χ4n) is 2.37. The van der Waals surface area contributed by atoms with Gasteiger partial charge in [-0.1, -0.05) is 6.07 Å². The van der Waals surface area contributed by atoms with Crippen molar-refractivity contribution in [1.82, 2.24) is 9.88 Å². The molecule has 0 spiro atoms. The number of pyridine rings is 1. The zero-order chi connectivity index (χ0) is 12.1. The number of hydrogen-bond acceptors (Lipinski definition) is 4. The minimum Gasteiger partial charge on any atom is -0.395 e. The van der Waals surface area contributed by atoms with Gasteiger partial charge in [-0.2, -0.15) is 0 Å². The lowest BCUT2D eigenvalue weighted by molar-refractivity contribution is 0.152. The molecule has 1 unspecified atom stereocenters. The highest BCUT2D eigenvalue weighted by Crippen LogP contribution is 2.19. The monoisotopic (exact) mass is 235 g/mol. The Labute approximate surface area is 103 Å². The third kappa shape index (κ3) is 3.17. The number of nitrogens with zero attached hydrogens (tertiary/aromatic N) is 2. The zero-order valence-corrected chi connectivity index (χ0v) is 10.4. The van der Waals surface area contributed by atoms with Gasteiger partial charge in [-0.15, -0.1) is 0 Å². The number of rotatable bonds is 5. The second-order valence-electron chi connectivity index (χ2n) is 4.49. The Morgan fingerprint density at radius 1 is 1.53 bits per heavy atom. The summed E-state index contributed by atoms with van der Waals surface area (Å²) in [7, 11) is 0. The standard InChI is InChI=1S/C13H21N3O/c1-2-14-13-7-3-5-11(15-13)9-16-8-4-6-12(16)10-17/h3,5,7,12,17H,2,4,6,8-10H2,1H3,(H,14,15). The molecule has 0 amide bonds. The quantitative estimate of drug-likeness (QED) is 0.811. The Morgan fingerprint density at radius 3 is 3.18 bits per heavy atom. The van der Waals surface area contributed by atoms with Crippen LogP contribution < -0.4 is 5.32 Å². The van der Waals surface area contributed by atoms with Crippen LogP contribution in [0, 0.1) is 0 Å². The molecule has 0 saturated carbocycles. The number of likely N-dealkylation sites (tertiary alicyclic amines) is 1. The summed E-state index contributed by atoms with van der Waals surface area (Å²) >= 11 is 0. The number of anilines is 1. The first-order valence-corrected chi connectivity index (χ1v) is 6.38. The van der Waals surface area contributed by atoms with E-state index in [9.17, 15) is 5.11 Å². The summed E-state index contributed by atoms with van der Waals surface area (Å²) in [6, 6.07) is 6.39. The van der Waals surface area contributed by atoms with Gasteiger partial charge in [0, 0.05) is 19.1 Å². The Bertz CT molecular complexity index is 356. The lowest BCUT2D eigenvalue weighted by atomic mass is 10.2. The SMILES string of the molecule is CCNc1cccc(CN2CCCC2CO)n1. The molecule has 1 aromatic heterocycles. The molecule has 0 bridgehead atoms. The van der Waals surface area contributed by atoms with E-state index in [-0.39, 0.29) is 6.61 Å². The van der Waals surface area contributed by atoms with Crippen LogP contribution in [-0.2, 0) is 6.54 Å². The third-order valence-electron chi connectivity index (χ3n) is 3.24. The zero-order valence-electron chi connectivity index (χ0n) is 10.4. The molecule has 4 heteroatoms. The van der Waals surface area contributed by atoms with Crippen molar-refractivity contribution in [3.8, 4) is 0 Å². The van der Waals surface area contributed by atoms with E-state index in [0.29, 0.717) is 6.04 Å². The second-order valence-corrected chi connectivity index (χ2v) is 4.49. The second kappa shape index (κ2) is 5.98. The molecule has 0 radical (unpaired) electrons. The van der Waals surface area contributed by atoms with E-state index in [4.69, 9.17) is 0 Å². The van der Waals surface area contributed by atoms with E-state index in [2.05, 4.69) is 22.1 Å². The summed E-state index contributed by atoms with van der Waals surface area (Å²) in [6.45, 7) is 5.12. The lowest BCUT2D eigenvalue weighted by Gasteiger charge is -2.22. The van der Waals surface area contributed by atoms with Crippen LogP contribution in [0.15, 0.2) is 18.2 Å². The summed E-state index contributed by atoms with van der Waals surface area (Å²) in [6.07, 6.45) is 2.28. The number of aromatic nitrogens is 1. The van der Waals surface area contributed by atoms with Crippen molar-refractivity contribution >= 4 is 5.82 Å². The maximum Gasteiger partial charge on any atom is 0.126 e. The molecule has 2 rings (SSSR count). The summed E-state index contributed by atoms with van der Waals surface area (Å²) < 4.78 is 0. The van der Waals surface area contributed by atoms with Crippen LogP contribution in [0.3, 0.4) is 0 Å². The van der Waals surface area contributed by atoms with Gasteiger partial charge < -0.3 is 10.4 Å². The molecule has 4 nitrogen and oxygen atoms in total. The van der Waals surface area contributed by atoms with Gasteiger partial charge in [-0.25, -0.2) is 4.98 Å². The van der Waals surface area contributed by atoms with Crippen LogP contribution in [0.25, 0.3) is 0 Å².